The summed E-state index contributed by atoms with van der Waals surface area (Å²) in [5.74, 6) is 1.42. The maximum absolute atomic E-state index is 14.7. The monoisotopic (exact) mass is 1110 g/mol. The van der Waals surface area contributed by atoms with Crippen molar-refractivity contribution in [2.75, 3.05) is 71.7 Å². The number of carbonyl (C=O) groups excluding carboxylic acids is 1. The van der Waals surface area contributed by atoms with Crippen molar-refractivity contribution >= 4 is 61.4 Å². The number of methoxy groups -OCH3 is 2. The van der Waals surface area contributed by atoms with E-state index in [0.717, 1.165) is 73.6 Å². The Morgan fingerprint density at radius 3 is 2.10 bits per heavy atom. The lowest BCUT2D eigenvalue weighted by Crippen LogP contribution is -2.47. The first-order chi connectivity index (χ1) is 37.6. The summed E-state index contributed by atoms with van der Waals surface area (Å²) >= 11 is 12.9. The molecule has 1 aromatic heterocycles. The van der Waals surface area contributed by atoms with Crippen molar-refractivity contribution in [3.8, 4) is 28.7 Å². The topological polar surface area (TPSA) is 143 Å². The Hall–Kier alpha value is -6.75. The summed E-state index contributed by atoms with van der Waals surface area (Å²) < 4.78 is 62.9. The molecule has 10 rings (SSSR count). The maximum atomic E-state index is 14.7. The highest BCUT2D eigenvalue weighted by atomic mass is 35.5. The molecule has 14 nitrogen and oxygen atoms in total. The molecule has 3 aliphatic rings. The quantitative estimate of drug-likeness (QED) is 0.0931. The number of halogens is 2. The maximum Gasteiger partial charge on any atom is 0.329 e. The summed E-state index contributed by atoms with van der Waals surface area (Å²) in [6.45, 7) is 10.2. The van der Waals surface area contributed by atoms with Crippen LogP contribution in [0.3, 0.4) is 0 Å². The van der Waals surface area contributed by atoms with Crippen LogP contribution < -0.4 is 34.3 Å². The lowest BCUT2D eigenvalue weighted by atomic mass is 9.72. The number of nitrogens with one attached hydrogen (secondary N) is 1. The summed E-state index contributed by atoms with van der Waals surface area (Å²) in [6, 6.07) is 37.5. The molecule has 2 aliphatic heterocycles. The molecule has 0 saturated carbocycles. The summed E-state index contributed by atoms with van der Waals surface area (Å²) in [7, 11) is 0.419. The summed E-state index contributed by atoms with van der Waals surface area (Å²) in [4.78, 5) is 33.8. The predicted molar refractivity (Wildman–Crippen MR) is 307 cm³/mol. The molecule has 1 aliphatic carbocycles. The van der Waals surface area contributed by atoms with E-state index in [0.29, 0.717) is 67.1 Å². The fourth-order valence-electron chi connectivity index (χ4n) is 10.9. The second-order valence-electron chi connectivity index (χ2n) is 21.2. The van der Waals surface area contributed by atoms with E-state index < -0.39 is 22.0 Å². The van der Waals surface area contributed by atoms with Crippen LogP contribution in [0.2, 0.25) is 10.0 Å². The predicted octanol–water partition coefficient (Wildman–Crippen LogP) is 11.8. The number of aryl methyl sites for hydroxylation is 1. The van der Waals surface area contributed by atoms with Gasteiger partial charge in [0, 0.05) is 69.8 Å². The largest absolute Gasteiger partial charge is 0.497 e. The lowest BCUT2D eigenvalue weighted by molar-refractivity contribution is 0.0497. The van der Waals surface area contributed by atoms with E-state index >= 15 is 0 Å². The van der Waals surface area contributed by atoms with Crippen LogP contribution >= 0.6 is 23.2 Å². The highest BCUT2D eigenvalue weighted by Crippen LogP contribution is 2.44. The van der Waals surface area contributed by atoms with Crippen LogP contribution in [-0.2, 0) is 21.8 Å². The minimum absolute atomic E-state index is 0.0406. The minimum atomic E-state index is -4.47. The molecule has 2 fully saturated rings. The molecule has 2 saturated heterocycles. The number of anilines is 1. The Bertz CT molecular complexity index is 3460. The van der Waals surface area contributed by atoms with Crippen LogP contribution in [0.4, 0.5) is 5.69 Å². The number of piperazine rings is 1. The standard InChI is InChI=1S/C61H65Cl2N5O9S/c1-61(2)28-25-44(51(37-61)41-9-15-45(62)16-10-41)38-66-29-31-67(32-30-66)46-17-23-50(59(69)64-78(71,72)49-22-24-54(52(63)36-49)76-39-40-26-33-75-34-27-40)56(35-46)77-55-8-6-7-53-58(55)65(3)60(70)68(53)57(42-11-18-47(73-4)19-12-42)43-13-20-48(74-5)21-14-43/h6-24,35-36,40,57H,25-34,37-39H2,1-5H3,(H,64,69). The number of para-hydroxylation sites is 1. The van der Waals surface area contributed by atoms with E-state index in [1.807, 2.05) is 72.8 Å². The Balaban J connectivity index is 0.972. The number of nitrogens with zero attached hydrogens (tertiary/aromatic N) is 4. The van der Waals surface area contributed by atoms with E-state index in [1.165, 1.54) is 39.5 Å². The number of sulfonamides is 1. The number of allylic oxidation sites excluding steroid dienone is 1. The van der Waals surface area contributed by atoms with Crippen LogP contribution in [-0.4, -0.2) is 95.1 Å². The van der Waals surface area contributed by atoms with Crippen LogP contribution in [0.1, 0.15) is 79.0 Å². The second-order valence-corrected chi connectivity index (χ2v) is 23.7. The zero-order valence-corrected chi connectivity index (χ0v) is 46.9. The molecule has 0 atom stereocenters. The van der Waals surface area contributed by atoms with Crippen molar-refractivity contribution in [3.63, 3.8) is 0 Å². The number of ether oxygens (including phenoxy) is 5. The average molecular weight is 1120 g/mol. The Kier molecular flexibility index (Phi) is 16.3. The summed E-state index contributed by atoms with van der Waals surface area (Å²) in [6.07, 6.45) is 4.87. The molecule has 7 aromatic rings. The Morgan fingerprint density at radius 1 is 0.795 bits per heavy atom. The van der Waals surface area contributed by atoms with Gasteiger partial charge in [-0.25, -0.2) is 17.9 Å². The number of amides is 1. The van der Waals surface area contributed by atoms with Crippen LogP contribution in [0, 0.1) is 11.3 Å². The molecule has 1 N–H and O–H groups in total. The zero-order valence-electron chi connectivity index (χ0n) is 44.6. The highest BCUT2D eigenvalue weighted by molar-refractivity contribution is 7.90. The molecular weight excluding hydrogens is 1050 g/mol. The number of hydrogen-bond donors (Lipinski definition) is 1. The van der Waals surface area contributed by atoms with Crippen molar-refractivity contribution < 1.29 is 36.9 Å². The van der Waals surface area contributed by atoms with E-state index in [-0.39, 0.29) is 38.1 Å². The van der Waals surface area contributed by atoms with E-state index in [1.54, 1.807) is 50.1 Å². The van der Waals surface area contributed by atoms with Gasteiger partial charge in [-0.15, -0.1) is 0 Å². The van der Waals surface area contributed by atoms with Gasteiger partial charge in [0.05, 0.1) is 47.9 Å². The summed E-state index contributed by atoms with van der Waals surface area (Å²) in [5.41, 5.74) is 7.38. The first kappa shape index (κ1) is 54.6. The van der Waals surface area contributed by atoms with Crippen molar-refractivity contribution in [2.45, 2.75) is 56.9 Å². The van der Waals surface area contributed by atoms with Gasteiger partial charge in [0.2, 0.25) is 0 Å². The third-order valence-corrected chi connectivity index (χ3v) is 17.3. The number of hydrogen-bond acceptors (Lipinski definition) is 11. The first-order valence-electron chi connectivity index (χ1n) is 26.4. The molecule has 1 amide bonds. The van der Waals surface area contributed by atoms with E-state index in [9.17, 15) is 18.0 Å². The average Bonchev–Trinajstić information content (AvgIpc) is 3.71. The first-order valence-corrected chi connectivity index (χ1v) is 28.6. The van der Waals surface area contributed by atoms with Gasteiger partial charge in [0.25, 0.3) is 15.9 Å². The van der Waals surface area contributed by atoms with Gasteiger partial charge in [-0.05, 0) is 145 Å². The number of carbonyl (C=O) groups is 1. The van der Waals surface area contributed by atoms with E-state index in [4.69, 9.17) is 46.9 Å². The fourth-order valence-corrected chi connectivity index (χ4v) is 12.3. The second kappa shape index (κ2) is 23.3. The van der Waals surface area contributed by atoms with Gasteiger partial charge in [0.1, 0.15) is 28.5 Å². The normalized spacial score (nSPS) is 16.4. The molecule has 17 heteroatoms. The SMILES string of the molecule is COc1ccc(C(c2ccc(OC)cc2)n2c(=O)n(C)c3c(Oc4cc(N5CCN(CC6=C(c7ccc(Cl)cc7)CC(C)(C)CC6)CC5)ccc4C(=O)NS(=O)(=O)c4ccc(OCC5CCOCC5)c(Cl)c4)cccc32)cc1. The van der Waals surface area contributed by atoms with Crippen LogP contribution in [0.15, 0.2) is 143 Å². The molecule has 408 valence electrons. The third-order valence-electron chi connectivity index (χ3n) is 15.4. The number of rotatable bonds is 17. The molecule has 0 bridgehead atoms. The summed E-state index contributed by atoms with van der Waals surface area (Å²) in [5, 5.41) is 0.818. The number of aromatic nitrogens is 2. The zero-order chi connectivity index (χ0) is 54.7. The fraction of sp³-hybridized carbons (Fsp3) is 0.344. The Morgan fingerprint density at radius 2 is 1.46 bits per heavy atom. The van der Waals surface area contributed by atoms with Gasteiger partial charge < -0.3 is 28.6 Å². The van der Waals surface area contributed by atoms with Gasteiger partial charge >= 0.3 is 5.69 Å². The van der Waals surface area contributed by atoms with Crippen LogP contribution in [0.5, 0.6) is 28.7 Å². The molecule has 0 unspecified atom stereocenters. The molecular formula is C61H65Cl2N5O9S. The van der Waals surface area contributed by atoms with Gasteiger partial charge in [-0.1, -0.05) is 85.1 Å². The van der Waals surface area contributed by atoms with Gasteiger partial charge in [-0.3, -0.25) is 18.8 Å². The highest BCUT2D eigenvalue weighted by Gasteiger charge is 2.31. The Labute approximate surface area is 466 Å². The third kappa shape index (κ3) is 12.0. The number of benzene rings is 6. The van der Waals surface area contributed by atoms with Gasteiger partial charge in [0.15, 0.2) is 5.75 Å². The number of imidazole rings is 1. The molecule has 3 heterocycles. The minimum Gasteiger partial charge on any atom is -0.497 e. The molecule has 0 radical (unpaired) electrons. The lowest BCUT2D eigenvalue weighted by Gasteiger charge is -2.39. The van der Waals surface area contributed by atoms with Gasteiger partial charge in [-0.2, -0.15) is 0 Å². The molecule has 78 heavy (non-hydrogen) atoms. The molecule has 6 aromatic carbocycles. The van der Waals surface area contributed by atoms with Crippen molar-refractivity contribution in [2.24, 2.45) is 18.4 Å². The smallest absolute Gasteiger partial charge is 0.329 e. The van der Waals surface area contributed by atoms with Crippen molar-refractivity contribution in [1.82, 2.24) is 18.8 Å². The number of fused-ring (bicyclic) bond motifs is 1. The van der Waals surface area contributed by atoms with Crippen LogP contribution in [0.25, 0.3) is 16.6 Å². The van der Waals surface area contributed by atoms with E-state index in [2.05, 4.69) is 40.5 Å². The van der Waals surface area contributed by atoms with Crippen molar-refractivity contribution in [3.05, 3.63) is 176 Å². The van der Waals surface area contributed by atoms with Crippen molar-refractivity contribution in [1.29, 1.82) is 0 Å². The molecule has 0 spiro atoms.